The molecule has 1 saturated heterocycles. The second-order valence-corrected chi connectivity index (χ2v) is 4.21. The van der Waals surface area contributed by atoms with Crippen molar-refractivity contribution >= 4 is 5.82 Å². The second-order valence-electron chi connectivity index (χ2n) is 4.21. The van der Waals surface area contributed by atoms with Gasteiger partial charge in [-0.2, -0.15) is 4.98 Å². The Morgan fingerprint density at radius 1 is 1.37 bits per heavy atom. The van der Waals surface area contributed by atoms with Crippen LogP contribution >= 0.6 is 0 Å². The van der Waals surface area contributed by atoms with E-state index in [9.17, 15) is 0 Å². The molecule has 0 amide bonds. The van der Waals surface area contributed by atoms with Crippen molar-refractivity contribution in [1.82, 2.24) is 25.4 Å². The summed E-state index contributed by atoms with van der Waals surface area (Å²) in [5.41, 5.74) is 5.82. The fourth-order valence-corrected chi connectivity index (χ4v) is 1.95. The zero-order chi connectivity index (χ0) is 13.2. The molecular formula is C10H14N6O3. The Bertz CT molecular complexity index is 553. The molecule has 0 bridgehead atoms. The van der Waals surface area contributed by atoms with Crippen LogP contribution < -0.4 is 5.73 Å². The Hall–Kier alpha value is -2.00. The minimum absolute atomic E-state index is 0.120. The highest BCUT2D eigenvalue weighted by Gasteiger charge is 2.27. The Labute approximate surface area is 108 Å². The van der Waals surface area contributed by atoms with Gasteiger partial charge in [-0.05, 0) is 16.9 Å². The van der Waals surface area contributed by atoms with Crippen LogP contribution in [0.25, 0.3) is 11.6 Å². The molecule has 1 atom stereocenters. The molecule has 19 heavy (non-hydrogen) atoms. The molecule has 0 aromatic carbocycles. The maximum Gasteiger partial charge on any atom is 0.284 e. The van der Waals surface area contributed by atoms with Gasteiger partial charge >= 0.3 is 0 Å². The summed E-state index contributed by atoms with van der Waals surface area (Å²) in [6.07, 6.45) is -0.202. The molecule has 2 N–H and O–H groups in total. The molecule has 102 valence electrons. The summed E-state index contributed by atoms with van der Waals surface area (Å²) in [5, 5.41) is 11.0. The number of nitrogens with zero attached hydrogens (tertiary/aromatic N) is 5. The van der Waals surface area contributed by atoms with Crippen molar-refractivity contribution < 1.29 is 13.9 Å². The van der Waals surface area contributed by atoms with Gasteiger partial charge in [-0.1, -0.05) is 12.1 Å². The first-order chi connectivity index (χ1) is 9.28. The Balaban J connectivity index is 1.79. The number of aromatic nitrogens is 4. The molecule has 9 heteroatoms. The van der Waals surface area contributed by atoms with Crippen LogP contribution in [0.15, 0.2) is 9.15 Å². The Kier molecular flexibility index (Phi) is 3.13. The number of morpholine rings is 1. The molecular weight excluding hydrogens is 252 g/mol. The van der Waals surface area contributed by atoms with Crippen molar-refractivity contribution in [3.63, 3.8) is 0 Å². The van der Waals surface area contributed by atoms with E-state index in [-0.39, 0.29) is 23.5 Å². The quantitative estimate of drug-likeness (QED) is 0.824. The van der Waals surface area contributed by atoms with E-state index in [0.29, 0.717) is 12.4 Å². The highest BCUT2D eigenvalue weighted by atomic mass is 16.6. The second kappa shape index (κ2) is 4.94. The van der Waals surface area contributed by atoms with E-state index in [2.05, 4.69) is 36.9 Å². The molecule has 0 spiro atoms. The summed E-state index contributed by atoms with van der Waals surface area (Å²) in [6.45, 7) is 5.37. The van der Waals surface area contributed by atoms with Crippen molar-refractivity contribution in [2.75, 3.05) is 32.0 Å². The molecule has 3 rings (SSSR count). The Morgan fingerprint density at radius 2 is 2.26 bits per heavy atom. The van der Waals surface area contributed by atoms with Crippen molar-refractivity contribution in [1.29, 1.82) is 0 Å². The van der Waals surface area contributed by atoms with Crippen LogP contribution in [0.5, 0.6) is 0 Å². The maximum atomic E-state index is 5.64. The number of anilines is 1. The van der Waals surface area contributed by atoms with Crippen molar-refractivity contribution in [3.8, 4) is 11.6 Å². The van der Waals surface area contributed by atoms with Crippen LogP contribution in [0.2, 0.25) is 0 Å². The van der Waals surface area contributed by atoms with E-state index < -0.39 is 0 Å². The molecule has 0 saturated carbocycles. The van der Waals surface area contributed by atoms with Crippen LogP contribution in [0, 0.1) is 0 Å². The SMILES string of the molecule is CCN1CCOC(c2noc(-c3nonc3N)n2)C1. The van der Waals surface area contributed by atoms with E-state index in [0.717, 1.165) is 19.6 Å². The molecule has 1 unspecified atom stereocenters. The summed E-state index contributed by atoms with van der Waals surface area (Å²) in [5.74, 6) is 0.788. The molecule has 0 aliphatic carbocycles. The van der Waals surface area contributed by atoms with E-state index in [1.165, 1.54) is 0 Å². The number of hydrogen-bond acceptors (Lipinski definition) is 9. The lowest BCUT2D eigenvalue weighted by molar-refractivity contribution is -0.0334. The van der Waals surface area contributed by atoms with Gasteiger partial charge < -0.3 is 15.0 Å². The number of hydrogen-bond donors (Lipinski definition) is 1. The largest absolute Gasteiger partial charge is 0.379 e. The van der Waals surface area contributed by atoms with Gasteiger partial charge in [0.25, 0.3) is 5.89 Å². The third-order valence-electron chi connectivity index (χ3n) is 3.04. The number of nitrogens with two attached hydrogens (primary N) is 1. The number of likely N-dealkylation sites (N-methyl/N-ethyl adjacent to an activating group) is 1. The number of ether oxygens (including phenoxy) is 1. The highest BCUT2D eigenvalue weighted by Crippen LogP contribution is 2.24. The van der Waals surface area contributed by atoms with Crippen LogP contribution in [0.1, 0.15) is 18.9 Å². The van der Waals surface area contributed by atoms with Gasteiger partial charge in [0.05, 0.1) is 6.61 Å². The zero-order valence-corrected chi connectivity index (χ0v) is 10.4. The third-order valence-corrected chi connectivity index (χ3v) is 3.04. The monoisotopic (exact) mass is 266 g/mol. The fourth-order valence-electron chi connectivity index (χ4n) is 1.95. The topological polar surface area (TPSA) is 116 Å². The van der Waals surface area contributed by atoms with Gasteiger partial charge in [0.15, 0.2) is 0 Å². The first kappa shape index (κ1) is 12.1. The minimum atomic E-state index is -0.202. The van der Waals surface area contributed by atoms with Gasteiger partial charge in [0.1, 0.15) is 6.10 Å². The normalized spacial score (nSPS) is 20.8. The van der Waals surface area contributed by atoms with E-state index in [1.807, 2.05) is 0 Å². The molecule has 1 aliphatic heterocycles. The van der Waals surface area contributed by atoms with Gasteiger partial charge in [0, 0.05) is 13.1 Å². The first-order valence-corrected chi connectivity index (χ1v) is 6.04. The standard InChI is InChI=1S/C10H14N6O3/c1-2-16-3-4-17-6(5-16)9-12-10(18-15-9)7-8(11)14-19-13-7/h6H,2-5H2,1H3,(H2,11,14). The molecule has 2 aromatic heterocycles. The van der Waals surface area contributed by atoms with Crippen LogP contribution in [-0.2, 0) is 4.74 Å². The minimum Gasteiger partial charge on any atom is -0.379 e. The van der Waals surface area contributed by atoms with Gasteiger partial charge in [0.2, 0.25) is 17.3 Å². The van der Waals surface area contributed by atoms with Crippen LogP contribution in [0.4, 0.5) is 5.82 Å². The maximum absolute atomic E-state index is 5.64. The van der Waals surface area contributed by atoms with Crippen molar-refractivity contribution in [2.24, 2.45) is 0 Å². The first-order valence-electron chi connectivity index (χ1n) is 6.04. The smallest absolute Gasteiger partial charge is 0.284 e. The average molecular weight is 266 g/mol. The zero-order valence-electron chi connectivity index (χ0n) is 10.4. The van der Waals surface area contributed by atoms with E-state index >= 15 is 0 Å². The predicted octanol–water partition coefficient (Wildman–Crippen LogP) is 0.0950. The molecule has 9 nitrogen and oxygen atoms in total. The van der Waals surface area contributed by atoms with Crippen molar-refractivity contribution in [2.45, 2.75) is 13.0 Å². The van der Waals surface area contributed by atoms with Crippen LogP contribution in [-0.4, -0.2) is 51.6 Å². The highest BCUT2D eigenvalue weighted by molar-refractivity contribution is 5.60. The molecule has 1 aliphatic rings. The lowest BCUT2D eigenvalue weighted by atomic mass is 10.2. The fraction of sp³-hybridized carbons (Fsp3) is 0.600. The predicted molar refractivity (Wildman–Crippen MR) is 62.8 cm³/mol. The molecule has 3 heterocycles. The van der Waals surface area contributed by atoms with Gasteiger partial charge in [-0.25, -0.2) is 4.63 Å². The lowest BCUT2D eigenvalue weighted by Gasteiger charge is -2.30. The van der Waals surface area contributed by atoms with Gasteiger partial charge in [-0.3, -0.25) is 4.90 Å². The average Bonchev–Trinajstić information content (AvgIpc) is 3.07. The van der Waals surface area contributed by atoms with E-state index in [1.54, 1.807) is 0 Å². The van der Waals surface area contributed by atoms with Crippen molar-refractivity contribution in [3.05, 3.63) is 5.82 Å². The lowest BCUT2D eigenvalue weighted by Crippen LogP contribution is -2.38. The summed E-state index contributed by atoms with van der Waals surface area (Å²) in [6, 6.07) is 0. The summed E-state index contributed by atoms with van der Waals surface area (Å²) in [7, 11) is 0. The molecule has 1 fully saturated rings. The van der Waals surface area contributed by atoms with Crippen LogP contribution in [0.3, 0.4) is 0 Å². The Morgan fingerprint density at radius 3 is 3.00 bits per heavy atom. The van der Waals surface area contributed by atoms with E-state index in [4.69, 9.17) is 15.0 Å². The number of nitrogen functional groups attached to an aromatic ring is 1. The number of rotatable bonds is 3. The third kappa shape index (κ3) is 2.29. The summed E-state index contributed by atoms with van der Waals surface area (Å²) < 4.78 is 15.2. The molecule has 2 aromatic rings. The summed E-state index contributed by atoms with van der Waals surface area (Å²) in [4.78, 5) is 6.49. The summed E-state index contributed by atoms with van der Waals surface area (Å²) >= 11 is 0. The molecule has 0 radical (unpaired) electrons. The van der Waals surface area contributed by atoms with Gasteiger partial charge in [-0.15, -0.1) is 0 Å².